The summed E-state index contributed by atoms with van der Waals surface area (Å²) in [5, 5.41) is 12.3. The van der Waals surface area contributed by atoms with Gasteiger partial charge in [-0.05, 0) is 35.5 Å². The predicted octanol–water partition coefficient (Wildman–Crippen LogP) is 2.64. The standard InChI is InChI=1S/C15H14N4O3S/c1-10-3-5-11(6-4-10)19-15(16-17-18-19)23-9-13-12(7-8-22-13)14(20)21-2/h3-8H,9H2,1-2H3. The van der Waals surface area contributed by atoms with Gasteiger partial charge in [0.1, 0.15) is 11.3 Å². The summed E-state index contributed by atoms with van der Waals surface area (Å²) in [6.07, 6.45) is 1.46. The fraction of sp³-hybridized carbons (Fsp3) is 0.200. The van der Waals surface area contributed by atoms with Crippen molar-refractivity contribution in [2.24, 2.45) is 0 Å². The zero-order chi connectivity index (χ0) is 16.2. The molecule has 1 aromatic carbocycles. The molecule has 8 heteroatoms. The molecular formula is C15H14N4O3S. The van der Waals surface area contributed by atoms with Gasteiger partial charge in [-0.1, -0.05) is 29.5 Å². The van der Waals surface area contributed by atoms with Gasteiger partial charge in [0.25, 0.3) is 0 Å². The Labute approximate surface area is 136 Å². The Morgan fingerprint density at radius 3 is 2.83 bits per heavy atom. The van der Waals surface area contributed by atoms with E-state index in [1.807, 2.05) is 31.2 Å². The first kappa shape index (κ1) is 15.3. The number of benzene rings is 1. The first-order valence-corrected chi connectivity index (χ1v) is 7.80. The number of tetrazole rings is 1. The van der Waals surface area contributed by atoms with E-state index in [2.05, 4.69) is 15.5 Å². The highest BCUT2D eigenvalue weighted by Gasteiger charge is 2.17. The molecule has 0 amide bonds. The van der Waals surface area contributed by atoms with Crippen molar-refractivity contribution < 1.29 is 13.9 Å². The van der Waals surface area contributed by atoms with Gasteiger partial charge < -0.3 is 9.15 Å². The number of rotatable bonds is 5. The summed E-state index contributed by atoms with van der Waals surface area (Å²) in [6.45, 7) is 2.02. The molecule has 0 radical (unpaired) electrons. The summed E-state index contributed by atoms with van der Waals surface area (Å²) in [4.78, 5) is 11.6. The number of thioether (sulfide) groups is 1. The fourth-order valence-corrected chi connectivity index (χ4v) is 2.83. The van der Waals surface area contributed by atoms with E-state index in [1.165, 1.54) is 25.1 Å². The molecule has 2 heterocycles. The smallest absolute Gasteiger partial charge is 0.341 e. The summed E-state index contributed by atoms with van der Waals surface area (Å²) in [5.74, 6) is 0.525. The van der Waals surface area contributed by atoms with Crippen LogP contribution in [0.15, 0.2) is 46.2 Å². The molecule has 0 bridgehead atoms. The Hall–Kier alpha value is -2.61. The van der Waals surface area contributed by atoms with E-state index in [-0.39, 0.29) is 0 Å². The molecule has 0 aliphatic rings. The third kappa shape index (κ3) is 3.26. The quantitative estimate of drug-likeness (QED) is 0.525. The number of furan rings is 1. The van der Waals surface area contributed by atoms with E-state index in [0.717, 1.165) is 11.3 Å². The second kappa shape index (κ2) is 6.66. The van der Waals surface area contributed by atoms with Gasteiger partial charge in [-0.15, -0.1) is 5.10 Å². The molecule has 0 N–H and O–H groups in total. The molecule has 3 rings (SSSR count). The van der Waals surface area contributed by atoms with Crippen molar-refractivity contribution in [3.05, 3.63) is 53.5 Å². The highest BCUT2D eigenvalue weighted by atomic mass is 32.2. The van der Waals surface area contributed by atoms with Crippen LogP contribution in [-0.2, 0) is 10.5 Å². The number of carbonyl (C=O) groups is 1. The lowest BCUT2D eigenvalue weighted by atomic mass is 10.2. The van der Waals surface area contributed by atoms with Gasteiger partial charge in [0.15, 0.2) is 0 Å². The van der Waals surface area contributed by atoms with Crippen molar-refractivity contribution in [1.29, 1.82) is 0 Å². The molecule has 2 aromatic heterocycles. The van der Waals surface area contributed by atoms with Crippen molar-refractivity contribution in [2.75, 3.05) is 7.11 Å². The monoisotopic (exact) mass is 330 g/mol. The molecule has 3 aromatic rings. The summed E-state index contributed by atoms with van der Waals surface area (Å²) in [7, 11) is 1.34. The van der Waals surface area contributed by atoms with Crippen LogP contribution in [0.1, 0.15) is 21.7 Å². The number of hydrogen-bond acceptors (Lipinski definition) is 7. The minimum atomic E-state index is -0.424. The summed E-state index contributed by atoms with van der Waals surface area (Å²) in [6, 6.07) is 9.47. The molecule has 118 valence electrons. The molecule has 0 spiro atoms. The second-order valence-electron chi connectivity index (χ2n) is 4.75. The minimum absolute atomic E-state index is 0.411. The maximum absolute atomic E-state index is 11.6. The lowest BCUT2D eigenvalue weighted by Crippen LogP contribution is -2.03. The van der Waals surface area contributed by atoms with E-state index < -0.39 is 5.97 Å². The SMILES string of the molecule is COC(=O)c1ccoc1CSc1nnnn1-c1ccc(C)cc1. The average molecular weight is 330 g/mol. The summed E-state index contributed by atoms with van der Waals surface area (Å²) >= 11 is 1.38. The number of aryl methyl sites for hydroxylation is 1. The molecule has 7 nitrogen and oxygen atoms in total. The second-order valence-corrected chi connectivity index (χ2v) is 5.69. The van der Waals surface area contributed by atoms with Crippen LogP contribution in [0.25, 0.3) is 5.69 Å². The molecular weight excluding hydrogens is 316 g/mol. The third-order valence-electron chi connectivity index (χ3n) is 3.20. The fourth-order valence-electron chi connectivity index (χ4n) is 1.99. The molecule has 0 unspecified atom stereocenters. The van der Waals surface area contributed by atoms with Gasteiger partial charge in [0.2, 0.25) is 5.16 Å². The zero-order valence-electron chi connectivity index (χ0n) is 12.6. The lowest BCUT2D eigenvalue weighted by molar-refractivity contribution is 0.0598. The maximum Gasteiger partial charge on any atom is 0.341 e. The summed E-state index contributed by atoms with van der Waals surface area (Å²) in [5.41, 5.74) is 2.44. The Balaban J connectivity index is 1.78. The van der Waals surface area contributed by atoms with Crippen LogP contribution >= 0.6 is 11.8 Å². The Kier molecular flexibility index (Phi) is 4.42. The Morgan fingerprint density at radius 1 is 1.30 bits per heavy atom. The van der Waals surface area contributed by atoms with Crippen LogP contribution in [0.4, 0.5) is 0 Å². The zero-order valence-corrected chi connectivity index (χ0v) is 13.4. The van der Waals surface area contributed by atoms with E-state index >= 15 is 0 Å². The summed E-state index contributed by atoms with van der Waals surface area (Å²) < 4.78 is 11.7. The largest absolute Gasteiger partial charge is 0.468 e. The van der Waals surface area contributed by atoms with E-state index in [4.69, 9.17) is 9.15 Å². The first-order chi connectivity index (χ1) is 11.2. The van der Waals surface area contributed by atoms with E-state index in [0.29, 0.717) is 22.2 Å². The van der Waals surface area contributed by atoms with Crippen LogP contribution < -0.4 is 0 Å². The first-order valence-electron chi connectivity index (χ1n) is 6.82. The van der Waals surface area contributed by atoms with Crippen molar-refractivity contribution >= 4 is 17.7 Å². The number of hydrogen-bond donors (Lipinski definition) is 0. The van der Waals surface area contributed by atoms with Crippen molar-refractivity contribution in [3.63, 3.8) is 0 Å². The van der Waals surface area contributed by atoms with Crippen LogP contribution in [-0.4, -0.2) is 33.3 Å². The number of ether oxygens (including phenoxy) is 1. The Morgan fingerprint density at radius 2 is 2.09 bits per heavy atom. The van der Waals surface area contributed by atoms with Crippen molar-refractivity contribution in [1.82, 2.24) is 20.2 Å². The number of methoxy groups -OCH3 is 1. The maximum atomic E-state index is 11.6. The molecule has 0 saturated heterocycles. The molecule has 0 aliphatic heterocycles. The van der Waals surface area contributed by atoms with Gasteiger partial charge in [-0.25, -0.2) is 4.79 Å². The number of carbonyl (C=O) groups excluding carboxylic acids is 1. The minimum Gasteiger partial charge on any atom is -0.468 e. The molecule has 0 atom stereocenters. The molecule has 0 saturated carbocycles. The predicted molar refractivity (Wildman–Crippen MR) is 83.5 cm³/mol. The van der Waals surface area contributed by atoms with Gasteiger partial charge in [0.05, 0.1) is 24.8 Å². The third-order valence-corrected chi connectivity index (χ3v) is 4.12. The Bertz CT molecular complexity index is 810. The van der Waals surface area contributed by atoms with Crippen molar-refractivity contribution in [3.8, 4) is 5.69 Å². The number of esters is 1. The lowest BCUT2D eigenvalue weighted by Gasteiger charge is -2.04. The normalized spacial score (nSPS) is 10.7. The highest BCUT2D eigenvalue weighted by Crippen LogP contribution is 2.25. The van der Waals surface area contributed by atoms with Crippen LogP contribution in [0.5, 0.6) is 0 Å². The van der Waals surface area contributed by atoms with Crippen LogP contribution in [0, 0.1) is 6.92 Å². The molecule has 23 heavy (non-hydrogen) atoms. The van der Waals surface area contributed by atoms with Crippen LogP contribution in [0.3, 0.4) is 0 Å². The van der Waals surface area contributed by atoms with Gasteiger partial charge in [0, 0.05) is 0 Å². The van der Waals surface area contributed by atoms with Gasteiger partial charge in [-0.3, -0.25) is 0 Å². The van der Waals surface area contributed by atoms with Crippen LogP contribution in [0.2, 0.25) is 0 Å². The van der Waals surface area contributed by atoms with E-state index in [1.54, 1.807) is 10.7 Å². The average Bonchev–Trinajstić information content (AvgIpc) is 3.22. The number of aromatic nitrogens is 4. The van der Waals surface area contributed by atoms with Gasteiger partial charge in [-0.2, -0.15) is 4.68 Å². The van der Waals surface area contributed by atoms with E-state index in [9.17, 15) is 4.79 Å². The highest BCUT2D eigenvalue weighted by molar-refractivity contribution is 7.98. The topological polar surface area (TPSA) is 83.0 Å². The van der Waals surface area contributed by atoms with Gasteiger partial charge >= 0.3 is 5.97 Å². The van der Waals surface area contributed by atoms with Crippen molar-refractivity contribution in [2.45, 2.75) is 17.8 Å². The number of nitrogens with zero attached hydrogens (tertiary/aromatic N) is 4. The molecule has 0 fully saturated rings. The molecule has 0 aliphatic carbocycles.